The van der Waals surface area contributed by atoms with Crippen LogP contribution in [0.1, 0.15) is 32.0 Å². The smallest absolute Gasteiger partial charge is 0.250 e. The van der Waals surface area contributed by atoms with Crippen molar-refractivity contribution in [1.29, 1.82) is 0 Å². The van der Waals surface area contributed by atoms with E-state index in [0.717, 1.165) is 22.7 Å². The minimum absolute atomic E-state index is 0.167. The summed E-state index contributed by atoms with van der Waals surface area (Å²) in [5.74, 6) is 1.38. The first-order chi connectivity index (χ1) is 13.2. The van der Waals surface area contributed by atoms with Crippen molar-refractivity contribution in [3.8, 4) is 17.0 Å². The molecule has 0 fully saturated rings. The molecule has 2 aromatic carbocycles. The summed E-state index contributed by atoms with van der Waals surface area (Å²) in [6, 6.07) is 18.3. The van der Waals surface area contributed by atoms with Crippen molar-refractivity contribution in [3.05, 3.63) is 72.1 Å². The predicted molar refractivity (Wildman–Crippen MR) is 119 cm³/mol. The molecular formula is C23H29N3OSi. The molecule has 0 radical (unpaired) electrons. The Bertz CT molecular complexity index is 932. The van der Waals surface area contributed by atoms with Gasteiger partial charge in [0, 0.05) is 12.0 Å². The monoisotopic (exact) mass is 391 g/mol. The number of nitrogen functional groups attached to an aromatic ring is 1. The second kappa shape index (κ2) is 7.76. The topological polar surface area (TPSA) is 61.0 Å². The maximum absolute atomic E-state index is 6.36. The molecule has 0 aliphatic heterocycles. The van der Waals surface area contributed by atoms with Crippen molar-refractivity contribution in [1.82, 2.24) is 9.97 Å². The summed E-state index contributed by atoms with van der Waals surface area (Å²) in [6.07, 6.45) is 2.40. The van der Waals surface area contributed by atoms with Gasteiger partial charge in [-0.2, -0.15) is 0 Å². The molecule has 0 spiro atoms. The summed E-state index contributed by atoms with van der Waals surface area (Å²) < 4.78 is 6.36. The molecule has 3 aromatic rings. The molecule has 0 amide bonds. The maximum atomic E-state index is 6.36. The lowest BCUT2D eigenvalue weighted by Crippen LogP contribution is -2.43. The van der Waals surface area contributed by atoms with Crippen LogP contribution in [0.25, 0.3) is 11.3 Å². The van der Waals surface area contributed by atoms with Crippen molar-refractivity contribution < 1.29 is 4.43 Å². The predicted octanol–water partition coefficient (Wildman–Crippen LogP) is 5.70. The first kappa shape index (κ1) is 20.1. The van der Waals surface area contributed by atoms with Crippen LogP contribution in [0.2, 0.25) is 18.1 Å². The highest BCUT2D eigenvalue weighted by atomic mass is 28.4. The van der Waals surface area contributed by atoms with E-state index in [0.29, 0.717) is 12.2 Å². The Morgan fingerprint density at radius 1 is 0.964 bits per heavy atom. The molecule has 146 valence electrons. The molecule has 0 bridgehead atoms. The number of anilines is 1. The van der Waals surface area contributed by atoms with Crippen LogP contribution in [0.5, 0.6) is 5.75 Å². The second-order valence-electron chi connectivity index (χ2n) is 8.64. The molecule has 0 unspecified atom stereocenters. The number of nitrogens with zero attached hydrogens (tertiary/aromatic N) is 2. The fraction of sp³-hybridized carbons (Fsp3) is 0.304. The Labute approximate surface area is 168 Å². The molecule has 3 rings (SSSR count). The number of hydrogen-bond donors (Lipinski definition) is 1. The van der Waals surface area contributed by atoms with Gasteiger partial charge in [-0.25, -0.2) is 9.97 Å². The van der Waals surface area contributed by atoms with E-state index in [9.17, 15) is 0 Å². The number of rotatable bonds is 5. The van der Waals surface area contributed by atoms with E-state index >= 15 is 0 Å². The fourth-order valence-electron chi connectivity index (χ4n) is 2.64. The SMILES string of the molecule is CC(C)(C)[Si](C)(C)Oc1ccc(-c2cnc(N)c(Cc3ccccc3)n2)cc1. The van der Waals surface area contributed by atoms with E-state index in [1.165, 1.54) is 5.56 Å². The zero-order valence-corrected chi connectivity index (χ0v) is 18.4. The van der Waals surface area contributed by atoms with Gasteiger partial charge in [0.2, 0.25) is 8.32 Å². The zero-order valence-electron chi connectivity index (χ0n) is 17.4. The summed E-state index contributed by atoms with van der Waals surface area (Å²) in [7, 11) is -1.85. The lowest BCUT2D eigenvalue weighted by Gasteiger charge is -2.36. The Morgan fingerprint density at radius 2 is 1.61 bits per heavy atom. The first-order valence-electron chi connectivity index (χ1n) is 9.60. The highest BCUT2D eigenvalue weighted by molar-refractivity contribution is 6.74. The average molecular weight is 392 g/mol. The van der Waals surface area contributed by atoms with Gasteiger partial charge >= 0.3 is 0 Å². The van der Waals surface area contributed by atoms with Crippen LogP contribution in [0.3, 0.4) is 0 Å². The van der Waals surface area contributed by atoms with E-state index in [2.05, 4.69) is 51.0 Å². The van der Waals surface area contributed by atoms with E-state index in [4.69, 9.17) is 15.1 Å². The van der Waals surface area contributed by atoms with Crippen LogP contribution in [0.4, 0.5) is 5.82 Å². The van der Waals surface area contributed by atoms with Gasteiger partial charge in [0.1, 0.15) is 11.6 Å². The van der Waals surface area contributed by atoms with Gasteiger partial charge in [-0.1, -0.05) is 51.1 Å². The van der Waals surface area contributed by atoms with Crippen molar-refractivity contribution in [2.75, 3.05) is 5.73 Å². The third-order valence-electron chi connectivity index (χ3n) is 5.42. The Hall–Kier alpha value is -2.66. The quantitative estimate of drug-likeness (QED) is 0.567. The Morgan fingerprint density at radius 3 is 2.21 bits per heavy atom. The number of aromatic nitrogens is 2. The summed E-state index contributed by atoms with van der Waals surface area (Å²) in [5, 5.41) is 0.167. The van der Waals surface area contributed by atoms with Gasteiger partial charge in [-0.05, 0) is 48.0 Å². The van der Waals surface area contributed by atoms with Crippen molar-refractivity contribution >= 4 is 14.1 Å². The van der Waals surface area contributed by atoms with Gasteiger partial charge in [0.05, 0.1) is 17.6 Å². The van der Waals surface area contributed by atoms with Crippen LogP contribution in [0.15, 0.2) is 60.8 Å². The molecule has 2 N–H and O–H groups in total. The van der Waals surface area contributed by atoms with Gasteiger partial charge in [0.15, 0.2) is 0 Å². The molecule has 1 heterocycles. The molecule has 0 atom stereocenters. The van der Waals surface area contributed by atoms with Crippen molar-refractivity contribution in [2.24, 2.45) is 0 Å². The Kier molecular flexibility index (Phi) is 5.56. The zero-order chi connectivity index (χ0) is 20.4. The normalized spacial score (nSPS) is 12.0. The maximum Gasteiger partial charge on any atom is 0.250 e. The molecule has 1 aromatic heterocycles. The second-order valence-corrected chi connectivity index (χ2v) is 13.4. The van der Waals surface area contributed by atoms with Crippen LogP contribution < -0.4 is 10.2 Å². The van der Waals surface area contributed by atoms with Crippen molar-refractivity contribution in [3.63, 3.8) is 0 Å². The van der Waals surface area contributed by atoms with E-state index in [1.807, 2.05) is 42.5 Å². The first-order valence-corrected chi connectivity index (χ1v) is 12.5. The number of hydrogen-bond acceptors (Lipinski definition) is 4. The summed E-state index contributed by atoms with van der Waals surface area (Å²) in [5.41, 5.74) is 9.85. The highest BCUT2D eigenvalue weighted by Crippen LogP contribution is 2.37. The summed E-state index contributed by atoms with van der Waals surface area (Å²) in [4.78, 5) is 9.12. The summed E-state index contributed by atoms with van der Waals surface area (Å²) >= 11 is 0. The molecule has 0 aliphatic rings. The van der Waals surface area contributed by atoms with E-state index in [-0.39, 0.29) is 5.04 Å². The lowest BCUT2D eigenvalue weighted by molar-refractivity contribution is 0.492. The molecule has 5 heteroatoms. The van der Waals surface area contributed by atoms with Crippen molar-refractivity contribution in [2.45, 2.75) is 45.3 Å². The van der Waals surface area contributed by atoms with Gasteiger partial charge in [-0.3, -0.25) is 0 Å². The molecule has 4 nitrogen and oxygen atoms in total. The van der Waals surface area contributed by atoms with Crippen LogP contribution in [-0.2, 0) is 6.42 Å². The molecule has 0 saturated carbocycles. The molecule has 28 heavy (non-hydrogen) atoms. The van der Waals surface area contributed by atoms with Gasteiger partial charge in [0.25, 0.3) is 0 Å². The third kappa shape index (κ3) is 4.60. The number of benzene rings is 2. The average Bonchev–Trinajstić information content (AvgIpc) is 2.64. The fourth-order valence-corrected chi connectivity index (χ4v) is 3.67. The molecule has 0 saturated heterocycles. The van der Waals surface area contributed by atoms with Crippen LogP contribution in [-0.4, -0.2) is 18.3 Å². The van der Waals surface area contributed by atoms with Gasteiger partial charge < -0.3 is 10.2 Å². The minimum Gasteiger partial charge on any atom is -0.544 e. The highest BCUT2D eigenvalue weighted by Gasteiger charge is 2.38. The standard InChI is InChI=1S/C23H29N3OSi/c1-23(2,3)28(4,5)27-19-13-11-18(12-14-19)21-16-25-22(24)20(26-21)15-17-9-7-6-8-10-17/h6-14,16H,15H2,1-5H3,(H2,24,25). The van der Waals surface area contributed by atoms with Gasteiger partial charge in [-0.15, -0.1) is 0 Å². The Balaban J connectivity index is 1.81. The molecule has 0 aliphatic carbocycles. The molecular weight excluding hydrogens is 362 g/mol. The van der Waals surface area contributed by atoms with Crippen LogP contribution >= 0.6 is 0 Å². The summed E-state index contributed by atoms with van der Waals surface area (Å²) in [6.45, 7) is 11.2. The third-order valence-corrected chi connectivity index (χ3v) is 9.78. The minimum atomic E-state index is -1.85. The lowest BCUT2D eigenvalue weighted by atomic mass is 10.1. The largest absolute Gasteiger partial charge is 0.544 e. The van der Waals surface area contributed by atoms with E-state index in [1.54, 1.807) is 6.20 Å². The van der Waals surface area contributed by atoms with E-state index < -0.39 is 8.32 Å². The number of nitrogens with two attached hydrogens (primary N) is 1. The van der Waals surface area contributed by atoms with Crippen LogP contribution in [0, 0.1) is 0 Å².